The maximum Gasteiger partial charge on any atom is 0.239 e. The molecule has 1 aliphatic rings. The molecule has 33 heavy (non-hydrogen) atoms. The van der Waals surface area contributed by atoms with Crippen LogP contribution in [0.2, 0.25) is 0 Å². The zero-order chi connectivity index (χ0) is 23.4. The molecule has 0 unspecified atom stereocenters. The van der Waals surface area contributed by atoms with Crippen LogP contribution in [0.3, 0.4) is 0 Å². The monoisotopic (exact) mass is 465 g/mol. The van der Waals surface area contributed by atoms with Gasteiger partial charge in [0.05, 0.1) is 18.5 Å². The predicted molar refractivity (Wildman–Crippen MR) is 138 cm³/mol. The predicted octanol–water partition coefficient (Wildman–Crippen LogP) is 4.94. The van der Waals surface area contributed by atoms with Crippen molar-refractivity contribution in [3.8, 4) is 11.1 Å². The number of rotatable bonds is 8. The first-order valence-corrected chi connectivity index (χ1v) is 12.9. The van der Waals surface area contributed by atoms with E-state index in [4.69, 9.17) is 9.97 Å². The van der Waals surface area contributed by atoms with Crippen molar-refractivity contribution >= 4 is 33.3 Å². The highest BCUT2D eigenvalue weighted by molar-refractivity contribution is 7.17. The number of nitrogens with zero attached hydrogens (tertiary/aromatic N) is 4. The SMILES string of the molecule is CCN(CC(=O)NC(C)C)c1nc(CN2CCC(C)CC2)nc2scc(-c3ccccc3)c12. The van der Waals surface area contributed by atoms with Crippen molar-refractivity contribution in [2.45, 2.75) is 53.1 Å². The first-order chi connectivity index (χ1) is 15.9. The Labute approximate surface area is 201 Å². The molecule has 1 aromatic carbocycles. The van der Waals surface area contributed by atoms with Gasteiger partial charge in [0.25, 0.3) is 0 Å². The van der Waals surface area contributed by atoms with Crippen LogP contribution in [0.25, 0.3) is 21.3 Å². The summed E-state index contributed by atoms with van der Waals surface area (Å²) in [5.74, 6) is 2.51. The average Bonchev–Trinajstić information content (AvgIpc) is 3.23. The van der Waals surface area contributed by atoms with Crippen molar-refractivity contribution in [3.63, 3.8) is 0 Å². The second-order valence-corrected chi connectivity index (χ2v) is 10.2. The van der Waals surface area contributed by atoms with Gasteiger partial charge in [-0.2, -0.15) is 0 Å². The fraction of sp³-hybridized carbons (Fsp3) is 0.500. The van der Waals surface area contributed by atoms with Crippen LogP contribution in [0, 0.1) is 5.92 Å². The number of piperidine rings is 1. The Hall–Kier alpha value is -2.51. The summed E-state index contributed by atoms with van der Waals surface area (Å²) in [4.78, 5) is 28.2. The van der Waals surface area contributed by atoms with Crippen molar-refractivity contribution < 1.29 is 4.79 Å². The molecule has 0 bridgehead atoms. The molecule has 1 aliphatic heterocycles. The van der Waals surface area contributed by atoms with Crippen LogP contribution < -0.4 is 10.2 Å². The number of likely N-dealkylation sites (N-methyl/N-ethyl adjacent to an activating group) is 1. The van der Waals surface area contributed by atoms with E-state index >= 15 is 0 Å². The minimum Gasteiger partial charge on any atom is -0.352 e. The maximum absolute atomic E-state index is 12.7. The van der Waals surface area contributed by atoms with Gasteiger partial charge in [-0.25, -0.2) is 9.97 Å². The summed E-state index contributed by atoms with van der Waals surface area (Å²) in [6, 6.07) is 10.5. The van der Waals surface area contributed by atoms with Crippen LogP contribution >= 0.6 is 11.3 Å². The van der Waals surface area contributed by atoms with Crippen molar-refractivity contribution in [3.05, 3.63) is 41.5 Å². The van der Waals surface area contributed by atoms with Gasteiger partial charge in [-0.3, -0.25) is 9.69 Å². The molecular formula is C26H35N5OS. The molecule has 1 amide bonds. The summed E-state index contributed by atoms with van der Waals surface area (Å²) in [5.41, 5.74) is 2.28. The zero-order valence-electron chi connectivity index (χ0n) is 20.2. The van der Waals surface area contributed by atoms with Crippen molar-refractivity contribution in [1.29, 1.82) is 0 Å². The minimum atomic E-state index is 0.0154. The van der Waals surface area contributed by atoms with Gasteiger partial charge in [0.2, 0.25) is 5.91 Å². The van der Waals surface area contributed by atoms with E-state index in [2.05, 4.69) is 58.6 Å². The number of hydrogen-bond donors (Lipinski definition) is 1. The molecule has 0 saturated carbocycles. The third-order valence-electron chi connectivity index (χ3n) is 6.25. The highest BCUT2D eigenvalue weighted by Gasteiger charge is 2.23. The highest BCUT2D eigenvalue weighted by Crippen LogP contribution is 2.38. The van der Waals surface area contributed by atoms with Crippen molar-refractivity contribution in [1.82, 2.24) is 20.2 Å². The summed E-state index contributed by atoms with van der Waals surface area (Å²) in [6.45, 7) is 12.3. The lowest BCUT2D eigenvalue weighted by molar-refractivity contribution is -0.120. The molecule has 1 saturated heterocycles. The van der Waals surface area contributed by atoms with E-state index in [1.165, 1.54) is 12.8 Å². The van der Waals surface area contributed by atoms with Gasteiger partial charge in [-0.1, -0.05) is 37.3 Å². The number of anilines is 1. The van der Waals surface area contributed by atoms with Gasteiger partial charge >= 0.3 is 0 Å². The Bertz CT molecular complexity index is 1070. The summed E-state index contributed by atoms with van der Waals surface area (Å²) in [5, 5.41) is 6.24. The van der Waals surface area contributed by atoms with E-state index in [0.29, 0.717) is 6.54 Å². The van der Waals surface area contributed by atoms with Crippen molar-refractivity contribution in [2.24, 2.45) is 5.92 Å². The van der Waals surface area contributed by atoms with Gasteiger partial charge in [-0.15, -0.1) is 11.3 Å². The van der Waals surface area contributed by atoms with E-state index in [-0.39, 0.29) is 18.5 Å². The van der Waals surface area contributed by atoms with E-state index in [1.54, 1.807) is 11.3 Å². The summed E-state index contributed by atoms with van der Waals surface area (Å²) in [7, 11) is 0. The highest BCUT2D eigenvalue weighted by atomic mass is 32.1. The molecule has 3 heterocycles. The number of benzene rings is 1. The summed E-state index contributed by atoms with van der Waals surface area (Å²) < 4.78 is 0. The molecule has 4 rings (SSSR count). The quantitative estimate of drug-likeness (QED) is 0.510. The van der Waals surface area contributed by atoms with Crippen LogP contribution in [-0.2, 0) is 11.3 Å². The Morgan fingerprint density at radius 3 is 2.61 bits per heavy atom. The fourth-order valence-electron chi connectivity index (χ4n) is 4.39. The Morgan fingerprint density at radius 2 is 1.94 bits per heavy atom. The van der Waals surface area contributed by atoms with E-state index < -0.39 is 0 Å². The summed E-state index contributed by atoms with van der Waals surface area (Å²) >= 11 is 1.66. The minimum absolute atomic E-state index is 0.0154. The van der Waals surface area contributed by atoms with E-state index in [0.717, 1.165) is 58.5 Å². The standard InChI is InChI=1S/C26H35N5OS/c1-5-31(16-23(32)27-18(2)3)25-24-21(20-9-7-6-8-10-20)17-33-26(24)29-22(28-25)15-30-13-11-19(4)12-14-30/h6-10,17-19H,5,11-16H2,1-4H3,(H,27,32). The molecule has 0 atom stereocenters. The maximum atomic E-state index is 12.7. The van der Waals surface area contributed by atoms with Crippen LogP contribution in [-0.4, -0.2) is 53.0 Å². The van der Waals surface area contributed by atoms with Crippen LogP contribution in [0.4, 0.5) is 5.82 Å². The molecule has 0 radical (unpaired) electrons. The second kappa shape index (κ2) is 10.6. The molecular weight excluding hydrogens is 430 g/mol. The molecule has 3 aromatic rings. The van der Waals surface area contributed by atoms with Crippen LogP contribution in [0.1, 0.15) is 46.4 Å². The number of hydrogen-bond acceptors (Lipinski definition) is 6. The number of carbonyl (C=O) groups excluding carboxylic acids is 1. The number of amides is 1. The summed E-state index contributed by atoms with van der Waals surface area (Å²) in [6.07, 6.45) is 2.45. The van der Waals surface area contributed by atoms with Crippen molar-refractivity contribution in [2.75, 3.05) is 31.1 Å². The van der Waals surface area contributed by atoms with Gasteiger partial charge in [0.15, 0.2) is 0 Å². The van der Waals surface area contributed by atoms with Crippen LogP contribution in [0.5, 0.6) is 0 Å². The topological polar surface area (TPSA) is 61.4 Å². The molecule has 1 fully saturated rings. The number of fused-ring (bicyclic) bond motifs is 1. The Kier molecular flexibility index (Phi) is 7.60. The van der Waals surface area contributed by atoms with Crippen LogP contribution in [0.15, 0.2) is 35.7 Å². The molecule has 2 aromatic heterocycles. The molecule has 0 spiro atoms. The molecule has 0 aliphatic carbocycles. The number of thiophene rings is 1. The molecule has 176 valence electrons. The Balaban J connectivity index is 1.74. The molecule has 6 nitrogen and oxygen atoms in total. The normalized spacial score (nSPS) is 15.3. The zero-order valence-corrected chi connectivity index (χ0v) is 21.0. The number of likely N-dealkylation sites (tertiary alicyclic amines) is 1. The first kappa shape index (κ1) is 23.6. The number of nitrogens with one attached hydrogen (secondary N) is 1. The van der Waals surface area contributed by atoms with Gasteiger partial charge in [0, 0.05) is 23.5 Å². The lowest BCUT2D eigenvalue weighted by Gasteiger charge is -2.30. The largest absolute Gasteiger partial charge is 0.352 e. The second-order valence-electron chi connectivity index (χ2n) is 9.35. The van der Waals surface area contributed by atoms with Gasteiger partial charge < -0.3 is 10.2 Å². The third-order valence-corrected chi connectivity index (χ3v) is 7.12. The number of carbonyl (C=O) groups is 1. The molecule has 7 heteroatoms. The third kappa shape index (κ3) is 5.71. The van der Waals surface area contributed by atoms with E-state index in [9.17, 15) is 4.79 Å². The van der Waals surface area contributed by atoms with E-state index in [1.807, 2.05) is 19.9 Å². The lowest BCUT2D eigenvalue weighted by Crippen LogP contribution is -2.40. The Morgan fingerprint density at radius 1 is 1.21 bits per heavy atom. The molecule has 1 N–H and O–H groups in total. The first-order valence-electron chi connectivity index (χ1n) is 12.0. The average molecular weight is 466 g/mol. The fourth-order valence-corrected chi connectivity index (χ4v) is 5.35. The number of aromatic nitrogens is 2. The smallest absolute Gasteiger partial charge is 0.239 e. The van der Waals surface area contributed by atoms with Gasteiger partial charge in [0.1, 0.15) is 16.5 Å². The lowest BCUT2D eigenvalue weighted by atomic mass is 9.99. The van der Waals surface area contributed by atoms with Gasteiger partial charge in [-0.05, 0) is 58.2 Å².